The molecule has 5 unspecified atom stereocenters. The first-order valence-corrected chi connectivity index (χ1v) is 13.3. The number of esters is 4. The Hall–Kier alpha value is -4.30. The van der Waals surface area contributed by atoms with E-state index in [0.29, 0.717) is 17.0 Å². The molecule has 3 aromatic rings. The summed E-state index contributed by atoms with van der Waals surface area (Å²) in [5.41, 5.74) is 2.37. The van der Waals surface area contributed by atoms with Crippen molar-refractivity contribution in [3.05, 3.63) is 45.1 Å². The first-order valence-electron chi connectivity index (χ1n) is 12.4. The molecule has 1 aliphatic heterocycles. The number of hydrogen-bond acceptors (Lipinski definition) is 14. The van der Waals surface area contributed by atoms with Crippen LogP contribution in [0.4, 0.5) is 0 Å². The monoisotopic (exact) mass is 589 g/mol. The van der Waals surface area contributed by atoms with Gasteiger partial charge in [0.2, 0.25) is 17.8 Å². The molecule has 14 heteroatoms. The Labute approximate surface area is 237 Å². The number of carbonyl (C=O) groups excluding carboxylic acids is 4. The third kappa shape index (κ3) is 6.89. The van der Waals surface area contributed by atoms with Gasteiger partial charge in [0.05, 0.1) is 22.2 Å². The fourth-order valence-corrected chi connectivity index (χ4v) is 4.95. The SMILES string of the molecule is CC(=O)OCC1OC(Oc2ccc3c(=O)c(-c4cscn4)c(C)oc3c2)C(OC(C)=O)C(OC(C)=O)C1OC(C)=O. The largest absolute Gasteiger partial charge is 0.463 e. The number of thiazole rings is 1. The second-order valence-corrected chi connectivity index (χ2v) is 9.80. The molecule has 1 saturated heterocycles. The van der Waals surface area contributed by atoms with E-state index in [4.69, 9.17) is 32.8 Å². The third-order valence-electron chi connectivity index (χ3n) is 5.93. The van der Waals surface area contributed by atoms with E-state index >= 15 is 0 Å². The average molecular weight is 590 g/mol. The van der Waals surface area contributed by atoms with Crippen molar-refractivity contribution in [1.29, 1.82) is 0 Å². The number of benzene rings is 1. The van der Waals surface area contributed by atoms with Crippen molar-refractivity contribution in [3.63, 3.8) is 0 Å². The van der Waals surface area contributed by atoms with E-state index in [1.807, 2.05) is 0 Å². The summed E-state index contributed by atoms with van der Waals surface area (Å²) in [5.74, 6) is -2.44. The average Bonchev–Trinajstić information content (AvgIpc) is 3.40. The summed E-state index contributed by atoms with van der Waals surface area (Å²) < 4.78 is 39.1. The molecule has 1 aromatic carbocycles. The van der Waals surface area contributed by atoms with Crippen molar-refractivity contribution in [2.75, 3.05) is 6.61 Å². The Morgan fingerprint density at radius 1 is 0.927 bits per heavy atom. The second-order valence-electron chi connectivity index (χ2n) is 9.08. The van der Waals surface area contributed by atoms with Gasteiger partial charge in [-0.05, 0) is 19.1 Å². The van der Waals surface area contributed by atoms with Gasteiger partial charge in [0.25, 0.3) is 0 Å². The maximum absolute atomic E-state index is 13.2. The molecule has 0 saturated carbocycles. The molecular weight excluding hydrogens is 562 g/mol. The fraction of sp³-hybridized carbons (Fsp3) is 0.407. The molecule has 0 bridgehead atoms. The quantitative estimate of drug-likeness (QED) is 0.278. The Kier molecular flexibility index (Phi) is 9.03. The highest BCUT2D eigenvalue weighted by atomic mass is 32.1. The predicted octanol–water partition coefficient (Wildman–Crippen LogP) is 2.69. The molecule has 1 fully saturated rings. The van der Waals surface area contributed by atoms with Gasteiger partial charge in [-0.1, -0.05) is 0 Å². The van der Waals surface area contributed by atoms with Gasteiger partial charge in [0.15, 0.2) is 12.2 Å². The number of carbonyl (C=O) groups is 4. The van der Waals surface area contributed by atoms with Crippen LogP contribution in [0.25, 0.3) is 22.2 Å². The Bertz CT molecular complexity index is 1510. The number of nitrogens with zero attached hydrogens (tertiary/aromatic N) is 1. The van der Waals surface area contributed by atoms with Crippen molar-refractivity contribution in [3.8, 4) is 17.0 Å². The molecule has 0 amide bonds. The number of hydrogen-bond donors (Lipinski definition) is 0. The fourth-order valence-electron chi connectivity index (χ4n) is 4.41. The van der Waals surface area contributed by atoms with Gasteiger partial charge in [-0.3, -0.25) is 24.0 Å². The van der Waals surface area contributed by atoms with Gasteiger partial charge >= 0.3 is 23.9 Å². The van der Waals surface area contributed by atoms with Crippen LogP contribution in [0.5, 0.6) is 5.75 Å². The van der Waals surface area contributed by atoms with Crippen LogP contribution in [0.15, 0.2) is 38.3 Å². The lowest BCUT2D eigenvalue weighted by molar-refractivity contribution is -0.288. The van der Waals surface area contributed by atoms with Gasteiger partial charge in [-0.15, -0.1) is 11.3 Å². The maximum atomic E-state index is 13.2. The molecule has 0 N–H and O–H groups in total. The Balaban J connectivity index is 1.73. The summed E-state index contributed by atoms with van der Waals surface area (Å²) in [6.45, 7) is 5.79. The molecule has 3 heterocycles. The van der Waals surface area contributed by atoms with Crippen LogP contribution in [0.2, 0.25) is 0 Å². The van der Waals surface area contributed by atoms with Crippen LogP contribution < -0.4 is 10.2 Å². The van der Waals surface area contributed by atoms with Crippen molar-refractivity contribution in [2.24, 2.45) is 0 Å². The van der Waals surface area contributed by atoms with Crippen LogP contribution in [0.3, 0.4) is 0 Å². The molecule has 218 valence electrons. The maximum Gasteiger partial charge on any atom is 0.303 e. The van der Waals surface area contributed by atoms with Crippen molar-refractivity contribution >= 4 is 46.2 Å². The van der Waals surface area contributed by atoms with E-state index in [9.17, 15) is 24.0 Å². The molecule has 0 aliphatic carbocycles. The second kappa shape index (κ2) is 12.5. The van der Waals surface area contributed by atoms with E-state index in [1.165, 1.54) is 36.5 Å². The van der Waals surface area contributed by atoms with E-state index < -0.39 is 61.2 Å². The number of ether oxygens (including phenoxy) is 6. The topological polar surface area (TPSA) is 167 Å². The standard InChI is InChI=1S/C27H27NO12S/c1-12-22(19-10-41-11-28-19)23(33)18-7-6-17(8-20(18)35-12)39-27-26(38-16(5)32)25(37-15(4)31)24(36-14(3)30)21(40-27)9-34-13(2)29/h6-8,10-11,21,24-27H,9H2,1-5H3. The lowest BCUT2D eigenvalue weighted by atomic mass is 9.98. The minimum Gasteiger partial charge on any atom is -0.463 e. The van der Waals surface area contributed by atoms with Gasteiger partial charge in [-0.2, -0.15) is 0 Å². The summed E-state index contributed by atoms with van der Waals surface area (Å²) in [7, 11) is 0. The molecule has 4 rings (SSSR count). The summed E-state index contributed by atoms with van der Waals surface area (Å²) in [4.78, 5) is 64.9. The minimum absolute atomic E-state index is 0.141. The molecule has 41 heavy (non-hydrogen) atoms. The van der Waals surface area contributed by atoms with Gasteiger partial charge in [0, 0.05) is 39.1 Å². The van der Waals surface area contributed by atoms with Crippen LogP contribution in [0, 0.1) is 6.92 Å². The Morgan fingerprint density at radius 3 is 2.20 bits per heavy atom. The third-order valence-corrected chi connectivity index (χ3v) is 6.52. The first-order chi connectivity index (χ1) is 19.4. The smallest absolute Gasteiger partial charge is 0.303 e. The highest BCUT2D eigenvalue weighted by Gasteiger charge is 2.53. The number of fused-ring (bicyclic) bond motifs is 1. The van der Waals surface area contributed by atoms with Crippen LogP contribution in [-0.2, 0) is 42.9 Å². The van der Waals surface area contributed by atoms with E-state index in [2.05, 4.69) is 4.98 Å². The van der Waals surface area contributed by atoms with Crippen LogP contribution in [0.1, 0.15) is 33.5 Å². The van der Waals surface area contributed by atoms with E-state index in [1.54, 1.807) is 17.8 Å². The van der Waals surface area contributed by atoms with Crippen LogP contribution >= 0.6 is 11.3 Å². The number of aromatic nitrogens is 1. The highest BCUT2D eigenvalue weighted by Crippen LogP contribution is 2.32. The molecule has 0 spiro atoms. The Morgan fingerprint density at radius 2 is 1.59 bits per heavy atom. The van der Waals surface area contributed by atoms with Crippen molar-refractivity contribution in [1.82, 2.24) is 4.98 Å². The number of aryl methyl sites for hydroxylation is 1. The molecule has 0 radical (unpaired) electrons. The van der Waals surface area contributed by atoms with Crippen LogP contribution in [-0.4, -0.2) is 66.2 Å². The molecular formula is C27H27NO12S. The lowest BCUT2D eigenvalue weighted by Crippen LogP contribution is -2.63. The summed E-state index contributed by atoms with van der Waals surface area (Å²) in [5, 5.41) is 2.01. The van der Waals surface area contributed by atoms with Gasteiger partial charge in [-0.25, -0.2) is 4.98 Å². The first kappa shape index (κ1) is 29.7. The van der Waals surface area contributed by atoms with Gasteiger partial charge < -0.3 is 32.8 Å². The van der Waals surface area contributed by atoms with Crippen molar-refractivity contribution < 1.29 is 52.0 Å². The summed E-state index contributed by atoms with van der Waals surface area (Å²) in [6, 6.07) is 4.42. The summed E-state index contributed by atoms with van der Waals surface area (Å²) in [6.07, 6.45) is -6.73. The zero-order valence-electron chi connectivity index (χ0n) is 22.7. The van der Waals surface area contributed by atoms with E-state index in [0.717, 1.165) is 20.8 Å². The molecule has 13 nitrogen and oxygen atoms in total. The predicted molar refractivity (Wildman–Crippen MR) is 141 cm³/mol. The zero-order valence-corrected chi connectivity index (χ0v) is 23.6. The molecule has 5 atom stereocenters. The number of rotatable bonds is 8. The van der Waals surface area contributed by atoms with Crippen molar-refractivity contribution in [2.45, 2.75) is 65.3 Å². The minimum atomic E-state index is -1.44. The summed E-state index contributed by atoms with van der Waals surface area (Å²) >= 11 is 1.35. The molecule has 2 aromatic heterocycles. The normalized spacial score (nSPS) is 22.0. The molecule has 1 aliphatic rings. The lowest BCUT2D eigenvalue weighted by Gasteiger charge is -2.43. The van der Waals surface area contributed by atoms with E-state index in [-0.39, 0.29) is 22.1 Å². The van der Waals surface area contributed by atoms with Gasteiger partial charge in [0.1, 0.15) is 29.8 Å². The highest BCUT2D eigenvalue weighted by molar-refractivity contribution is 7.07. The zero-order chi connectivity index (χ0) is 29.8.